The lowest BCUT2D eigenvalue weighted by atomic mass is 10.1. The first-order valence-electron chi connectivity index (χ1n) is 6.63. The molecule has 0 unspecified atom stereocenters. The maximum absolute atomic E-state index is 12.4. The number of fused-ring (bicyclic) bond motifs is 1. The number of rotatable bonds is 4. The number of hydrogen-bond donors (Lipinski definition) is 1. The summed E-state index contributed by atoms with van der Waals surface area (Å²) in [5, 5.41) is 0.489. The molecule has 0 aromatic heterocycles. The smallest absolute Gasteiger partial charge is 0.241 e. The second kappa shape index (κ2) is 5.79. The van der Waals surface area contributed by atoms with Crippen LogP contribution >= 0.6 is 11.6 Å². The van der Waals surface area contributed by atoms with E-state index in [0.717, 1.165) is 5.56 Å². The van der Waals surface area contributed by atoms with Crippen molar-refractivity contribution in [1.82, 2.24) is 4.72 Å². The molecule has 0 fully saturated rings. The van der Waals surface area contributed by atoms with Gasteiger partial charge < -0.3 is 9.47 Å². The predicted molar refractivity (Wildman–Crippen MR) is 82.8 cm³/mol. The van der Waals surface area contributed by atoms with E-state index in [2.05, 4.69) is 4.72 Å². The minimum atomic E-state index is -3.62. The Labute approximate surface area is 133 Å². The van der Waals surface area contributed by atoms with Gasteiger partial charge in [-0.3, -0.25) is 0 Å². The third-order valence-electron chi connectivity index (χ3n) is 3.35. The van der Waals surface area contributed by atoms with Crippen LogP contribution in [0.25, 0.3) is 0 Å². The first kappa shape index (κ1) is 15.1. The summed E-state index contributed by atoms with van der Waals surface area (Å²) in [6.07, 6.45) is 0. The molecule has 1 atom stereocenters. The van der Waals surface area contributed by atoms with E-state index in [1.807, 2.05) is 6.07 Å². The average molecular weight is 340 g/mol. The van der Waals surface area contributed by atoms with Gasteiger partial charge in [0.1, 0.15) is 0 Å². The van der Waals surface area contributed by atoms with Crippen LogP contribution in [0.1, 0.15) is 18.5 Å². The van der Waals surface area contributed by atoms with Gasteiger partial charge >= 0.3 is 0 Å². The molecular weight excluding hydrogens is 326 g/mol. The minimum Gasteiger partial charge on any atom is -0.454 e. The number of hydrogen-bond acceptors (Lipinski definition) is 4. The van der Waals surface area contributed by atoms with E-state index in [0.29, 0.717) is 16.5 Å². The lowest BCUT2D eigenvalue weighted by Crippen LogP contribution is -2.26. The molecule has 5 nitrogen and oxygen atoms in total. The Bertz CT molecular complexity index is 790. The molecule has 3 rings (SSSR count). The molecule has 2 aromatic rings. The van der Waals surface area contributed by atoms with E-state index < -0.39 is 16.1 Å². The summed E-state index contributed by atoms with van der Waals surface area (Å²) in [5.74, 6) is 1.28. The predicted octanol–water partition coefficient (Wildman–Crippen LogP) is 3.11. The van der Waals surface area contributed by atoms with Gasteiger partial charge in [-0.2, -0.15) is 0 Å². The van der Waals surface area contributed by atoms with E-state index >= 15 is 0 Å². The molecular formula is C15H14ClNO4S. The standard InChI is InChI=1S/C15H14ClNO4S/c1-10(11-2-7-14-15(8-11)21-9-20-14)17-22(18,19)13-5-3-12(16)4-6-13/h2-8,10,17H,9H2,1H3/t10-/m1/s1. The zero-order chi connectivity index (χ0) is 15.7. The number of ether oxygens (including phenoxy) is 2. The first-order valence-corrected chi connectivity index (χ1v) is 8.49. The molecule has 0 saturated carbocycles. The quantitative estimate of drug-likeness (QED) is 0.929. The van der Waals surface area contributed by atoms with Crippen molar-refractivity contribution in [3.05, 3.63) is 53.1 Å². The van der Waals surface area contributed by atoms with Crippen LogP contribution in [0.4, 0.5) is 0 Å². The van der Waals surface area contributed by atoms with Gasteiger partial charge in [-0.15, -0.1) is 0 Å². The second-order valence-corrected chi connectivity index (χ2v) is 7.06. The van der Waals surface area contributed by atoms with Gasteiger partial charge in [0.05, 0.1) is 4.90 Å². The van der Waals surface area contributed by atoms with Crippen LogP contribution in [0.2, 0.25) is 5.02 Å². The van der Waals surface area contributed by atoms with E-state index in [1.54, 1.807) is 31.2 Å². The molecule has 0 bridgehead atoms. The van der Waals surface area contributed by atoms with Crippen LogP contribution in [0.5, 0.6) is 11.5 Å². The molecule has 0 spiro atoms. The molecule has 0 amide bonds. The molecule has 0 aliphatic carbocycles. The zero-order valence-corrected chi connectivity index (χ0v) is 13.3. The van der Waals surface area contributed by atoms with Crippen LogP contribution in [-0.4, -0.2) is 15.2 Å². The number of sulfonamides is 1. The normalized spacial score (nSPS) is 14.8. The lowest BCUT2D eigenvalue weighted by Gasteiger charge is -2.15. The highest BCUT2D eigenvalue weighted by Gasteiger charge is 2.20. The molecule has 1 N–H and O–H groups in total. The zero-order valence-electron chi connectivity index (χ0n) is 11.7. The highest BCUT2D eigenvalue weighted by atomic mass is 35.5. The van der Waals surface area contributed by atoms with Crippen molar-refractivity contribution in [2.45, 2.75) is 17.9 Å². The van der Waals surface area contributed by atoms with Crippen LogP contribution in [0.3, 0.4) is 0 Å². The van der Waals surface area contributed by atoms with Crippen LogP contribution in [-0.2, 0) is 10.0 Å². The summed E-state index contributed by atoms with van der Waals surface area (Å²) in [5.41, 5.74) is 0.793. The van der Waals surface area contributed by atoms with Gasteiger partial charge in [0, 0.05) is 11.1 Å². The van der Waals surface area contributed by atoms with Crippen molar-refractivity contribution in [2.75, 3.05) is 6.79 Å². The fourth-order valence-corrected chi connectivity index (χ4v) is 3.52. The molecule has 7 heteroatoms. The van der Waals surface area contributed by atoms with Gasteiger partial charge in [-0.25, -0.2) is 13.1 Å². The summed E-state index contributed by atoms with van der Waals surface area (Å²) >= 11 is 5.78. The van der Waals surface area contributed by atoms with Gasteiger partial charge in [0.2, 0.25) is 16.8 Å². The molecule has 0 radical (unpaired) electrons. The largest absolute Gasteiger partial charge is 0.454 e. The van der Waals surface area contributed by atoms with Gasteiger partial charge in [0.25, 0.3) is 0 Å². The summed E-state index contributed by atoms with van der Waals surface area (Å²) in [4.78, 5) is 0.171. The molecule has 2 aromatic carbocycles. The molecule has 1 heterocycles. The Morgan fingerprint density at radius 2 is 1.77 bits per heavy atom. The van der Waals surface area contributed by atoms with Crippen molar-refractivity contribution >= 4 is 21.6 Å². The summed E-state index contributed by atoms with van der Waals surface area (Å²) in [6.45, 7) is 1.95. The van der Waals surface area contributed by atoms with E-state index in [4.69, 9.17) is 21.1 Å². The highest BCUT2D eigenvalue weighted by Crippen LogP contribution is 2.34. The van der Waals surface area contributed by atoms with Gasteiger partial charge in [0.15, 0.2) is 11.5 Å². The molecule has 1 aliphatic heterocycles. The summed E-state index contributed by atoms with van der Waals surface area (Å²) in [7, 11) is -3.62. The Morgan fingerprint density at radius 3 is 2.50 bits per heavy atom. The average Bonchev–Trinajstić information content (AvgIpc) is 2.94. The van der Waals surface area contributed by atoms with Crippen molar-refractivity contribution in [1.29, 1.82) is 0 Å². The monoisotopic (exact) mass is 339 g/mol. The minimum absolute atomic E-state index is 0.171. The number of benzene rings is 2. The maximum Gasteiger partial charge on any atom is 0.241 e. The fourth-order valence-electron chi connectivity index (χ4n) is 2.17. The summed E-state index contributed by atoms with van der Waals surface area (Å²) < 4.78 is 37.9. The van der Waals surface area contributed by atoms with E-state index in [-0.39, 0.29) is 11.7 Å². The second-order valence-electron chi connectivity index (χ2n) is 4.91. The summed E-state index contributed by atoms with van der Waals surface area (Å²) in [6, 6.07) is 11.0. The van der Waals surface area contributed by atoms with E-state index in [9.17, 15) is 8.42 Å². The Morgan fingerprint density at radius 1 is 1.09 bits per heavy atom. The third-order valence-corrected chi connectivity index (χ3v) is 5.16. The molecule has 0 saturated heterocycles. The van der Waals surface area contributed by atoms with Crippen molar-refractivity contribution in [3.63, 3.8) is 0 Å². The van der Waals surface area contributed by atoms with Crippen molar-refractivity contribution in [3.8, 4) is 11.5 Å². The maximum atomic E-state index is 12.4. The number of halogens is 1. The molecule has 1 aliphatic rings. The van der Waals surface area contributed by atoms with Crippen LogP contribution in [0, 0.1) is 0 Å². The Kier molecular flexibility index (Phi) is 3.99. The lowest BCUT2D eigenvalue weighted by molar-refractivity contribution is 0.174. The van der Waals surface area contributed by atoms with Crippen LogP contribution < -0.4 is 14.2 Å². The van der Waals surface area contributed by atoms with Crippen molar-refractivity contribution in [2.24, 2.45) is 0 Å². The fraction of sp³-hybridized carbons (Fsp3) is 0.200. The van der Waals surface area contributed by atoms with E-state index in [1.165, 1.54) is 12.1 Å². The molecule has 22 heavy (non-hydrogen) atoms. The first-order chi connectivity index (χ1) is 10.5. The van der Waals surface area contributed by atoms with Crippen molar-refractivity contribution < 1.29 is 17.9 Å². The third kappa shape index (κ3) is 3.04. The van der Waals surface area contributed by atoms with Gasteiger partial charge in [-0.05, 0) is 48.9 Å². The highest BCUT2D eigenvalue weighted by molar-refractivity contribution is 7.89. The number of nitrogens with one attached hydrogen (secondary N) is 1. The van der Waals surface area contributed by atoms with Gasteiger partial charge in [-0.1, -0.05) is 17.7 Å². The molecule has 116 valence electrons. The van der Waals surface area contributed by atoms with Crippen LogP contribution in [0.15, 0.2) is 47.4 Å². The Balaban J connectivity index is 1.81. The topological polar surface area (TPSA) is 64.6 Å². The SMILES string of the molecule is C[C@@H](NS(=O)(=O)c1ccc(Cl)cc1)c1ccc2c(c1)OCO2. The Hall–Kier alpha value is -1.76.